The largest absolute Gasteiger partial charge is 0.360 e. The molecule has 0 aliphatic heterocycles. The molecule has 4 rings (SSSR count). The van der Waals surface area contributed by atoms with Crippen LogP contribution >= 0.6 is 27.3 Å². The standard InChI is InChI=1S/C17H10BrNOS/c18-10-5-6-15-12(7-10)13(8-19-15)17(20)14-9-21-16-4-2-1-3-11(14)16/h1-9,19H. The summed E-state index contributed by atoms with van der Waals surface area (Å²) in [6.45, 7) is 0. The molecule has 2 aromatic carbocycles. The zero-order valence-corrected chi connectivity index (χ0v) is 13.3. The van der Waals surface area contributed by atoms with Crippen LogP contribution in [0.25, 0.3) is 21.0 Å². The number of H-pyrrole nitrogens is 1. The summed E-state index contributed by atoms with van der Waals surface area (Å²) in [6, 6.07) is 13.9. The molecule has 102 valence electrons. The molecule has 21 heavy (non-hydrogen) atoms. The van der Waals surface area contributed by atoms with Gasteiger partial charge in [0.15, 0.2) is 5.78 Å². The lowest BCUT2D eigenvalue weighted by Gasteiger charge is -1.99. The summed E-state index contributed by atoms with van der Waals surface area (Å²) in [5, 5.41) is 3.92. The van der Waals surface area contributed by atoms with Crippen LogP contribution in [-0.4, -0.2) is 10.8 Å². The van der Waals surface area contributed by atoms with Gasteiger partial charge in [-0.3, -0.25) is 4.79 Å². The van der Waals surface area contributed by atoms with Gasteiger partial charge < -0.3 is 4.98 Å². The summed E-state index contributed by atoms with van der Waals surface area (Å²) in [5.41, 5.74) is 2.47. The summed E-state index contributed by atoms with van der Waals surface area (Å²) in [5.74, 6) is 0.0665. The Morgan fingerprint density at radius 2 is 1.90 bits per heavy atom. The van der Waals surface area contributed by atoms with Crippen molar-refractivity contribution in [2.75, 3.05) is 0 Å². The van der Waals surface area contributed by atoms with Crippen LogP contribution in [0.4, 0.5) is 0 Å². The molecule has 0 aliphatic rings. The van der Waals surface area contributed by atoms with Crippen LogP contribution in [-0.2, 0) is 0 Å². The first-order valence-electron chi connectivity index (χ1n) is 6.51. The van der Waals surface area contributed by atoms with Crippen LogP contribution in [0.3, 0.4) is 0 Å². The zero-order valence-electron chi connectivity index (χ0n) is 10.9. The van der Waals surface area contributed by atoms with Gasteiger partial charge in [-0.05, 0) is 24.3 Å². The number of hydrogen-bond acceptors (Lipinski definition) is 2. The normalized spacial score (nSPS) is 11.3. The minimum Gasteiger partial charge on any atom is -0.360 e. The predicted molar refractivity (Wildman–Crippen MR) is 91.3 cm³/mol. The third-order valence-electron chi connectivity index (χ3n) is 3.61. The van der Waals surface area contributed by atoms with Crippen molar-refractivity contribution >= 4 is 54.0 Å². The van der Waals surface area contributed by atoms with E-state index in [1.165, 1.54) is 0 Å². The van der Waals surface area contributed by atoms with Crippen molar-refractivity contribution in [2.45, 2.75) is 0 Å². The van der Waals surface area contributed by atoms with Gasteiger partial charge in [0.05, 0.1) is 0 Å². The molecular weight excluding hydrogens is 346 g/mol. The Balaban J connectivity index is 1.92. The molecule has 4 heteroatoms. The monoisotopic (exact) mass is 355 g/mol. The lowest BCUT2D eigenvalue weighted by atomic mass is 10.0. The summed E-state index contributed by atoms with van der Waals surface area (Å²) in [4.78, 5) is 16.0. The molecule has 1 N–H and O–H groups in total. The highest BCUT2D eigenvalue weighted by molar-refractivity contribution is 9.10. The van der Waals surface area contributed by atoms with Crippen molar-refractivity contribution in [2.24, 2.45) is 0 Å². The van der Waals surface area contributed by atoms with Crippen molar-refractivity contribution in [1.29, 1.82) is 0 Å². The Morgan fingerprint density at radius 3 is 2.81 bits per heavy atom. The minimum atomic E-state index is 0.0665. The van der Waals surface area contributed by atoms with E-state index in [1.54, 1.807) is 17.5 Å². The van der Waals surface area contributed by atoms with Crippen molar-refractivity contribution in [3.63, 3.8) is 0 Å². The Kier molecular flexibility index (Phi) is 2.94. The van der Waals surface area contributed by atoms with Gasteiger partial charge in [-0.25, -0.2) is 0 Å². The summed E-state index contributed by atoms with van der Waals surface area (Å²) >= 11 is 5.07. The molecule has 0 aliphatic carbocycles. The first kappa shape index (κ1) is 12.8. The Hall–Kier alpha value is -1.91. The molecule has 2 aromatic heterocycles. The molecule has 0 fully saturated rings. The van der Waals surface area contributed by atoms with E-state index in [0.29, 0.717) is 0 Å². The van der Waals surface area contributed by atoms with Gasteiger partial charge in [-0.1, -0.05) is 34.1 Å². The number of rotatable bonds is 2. The zero-order chi connectivity index (χ0) is 14.4. The number of carbonyl (C=O) groups excluding carboxylic acids is 1. The van der Waals surface area contributed by atoms with Crippen LogP contribution in [0.15, 0.2) is 58.5 Å². The van der Waals surface area contributed by atoms with Crippen LogP contribution in [0.1, 0.15) is 15.9 Å². The van der Waals surface area contributed by atoms with Gasteiger partial charge in [0.1, 0.15) is 0 Å². The number of ketones is 1. The fourth-order valence-electron chi connectivity index (χ4n) is 2.58. The van der Waals surface area contributed by atoms with Crippen molar-refractivity contribution < 1.29 is 4.79 Å². The quantitative estimate of drug-likeness (QED) is 0.481. The van der Waals surface area contributed by atoms with Crippen molar-refractivity contribution in [3.8, 4) is 0 Å². The van der Waals surface area contributed by atoms with Gasteiger partial charge >= 0.3 is 0 Å². The van der Waals surface area contributed by atoms with Crippen LogP contribution in [0, 0.1) is 0 Å². The molecular formula is C17H10BrNOS. The molecule has 0 atom stereocenters. The second-order valence-electron chi connectivity index (χ2n) is 4.87. The van der Waals surface area contributed by atoms with Gasteiger partial charge in [0.2, 0.25) is 0 Å². The van der Waals surface area contributed by atoms with Crippen LogP contribution in [0.5, 0.6) is 0 Å². The maximum Gasteiger partial charge on any atom is 0.196 e. The van der Waals surface area contributed by atoms with Crippen LogP contribution in [0.2, 0.25) is 0 Å². The minimum absolute atomic E-state index is 0.0665. The highest BCUT2D eigenvalue weighted by atomic mass is 79.9. The van der Waals surface area contributed by atoms with Gasteiger partial charge in [-0.15, -0.1) is 11.3 Å². The first-order chi connectivity index (χ1) is 10.2. The van der Waals surface area contributed by atoms with Crippen LogP contribution < -0.4 is 0 Å². The van der Waals surface area contributed by atoms with Gasteiger partial charge in [0.25, 0.3) is 0 Å². The van der Waals surface area contributed by atoms with Gasteiger partial charge in [-0.2, -0.15) is 0 Å². The number of aromatic nitrogens is 1. The molecule has 0 saturated heterocycles. The summed E-state index contributed by atoms with van der Waals surface area (Å²) in [7, 11) is 0. The fraction of sp³-hybridized carbons (Fsp3) is 0. The lowest BCUT2D eigenvalue weighted by molar-refractivity contribution is 0.104. The number of aromatic amines is 1. The predicted octanol–water partition coefficient (Wildman–Crippen LogP) is 5.38. The second-order valence-corrected chi connectivity index (χ2v) is 6.69. The molecule has 0 amide bonds. The Bertz CT molecular complexity index is 983. The molecule has 0 bridgehead atoms. The number of halogens is 1. The fourth-order valence-corrected chi connectivity index (χ4v) is 3.88. The van der Waals surface area contributed by atoms with E-state index in [0.717, 1.165) is 36.6 Å². The van der Waals surface area contributed by atoms with E-state index in [9.17, 15) is 4.79 Å². The van der Waals surface area contributed by atoms with E-state index in [-0.39, 0.29) is 5.78 Å². The van der Waals surface area contributed by atoms with Crippen molar-refractivity contribution in [1.82, 2.24) is 4.98 Å². The number of fused-ring (bicyclic) bond motifs is 2. The van der Waals surface area contributed by atoms with E-state index < -0.39 is 0 Å². The molecule has 2 nitrogen and oxygen atoms in total. The van der Waals surface area contributed by atoms with E-state index >= 15 is 0 Å². The third kappa shape index (κ3) is 2.03. The summed E-state index contributed by atoms with van der Waals surface area (Å²) < 4.78 is 2.11. The summed E-state index contributed by atoms with van der Waals surface area (Å²) in [6.07, 6.45) is 1.80. The lowest BCUT2D eigenvalue weighted by Crippen LogP contribution is -1.98. The van der Waals surface area contributed by atoms with Gasteiger partial charge in [0, 0.05) is 48.2 Å². The molecule has 0 radical (unpaired) electrons. The highest BCUT2D eigenvalue weighted by Crippen LogP contribution is 2.30. The van der Waals surface area contributed by atoms with E-state index in [1.807, 2.05) is 47.8 Å². The maximum atomic E-state index is 12.9. The highest BCUT2D eigenvalue weighted by Gasteiger charge is 2.17. The van der Waals surface area contributed by atoms with E-state index in [4.69, 9.17) is 0 Å². The average molecular weight is 356 g/mol. The number of benzene rings is 2. The number of hydrogen-bond donors (Lipinski definition) is 1. The molecule has 0 spiro atoms. The Labute approximate surface area is 133 Å². The number of nitrogens with one attached hydrogen (secondary N) is 1. The average Bonchev–Trinajstić information content (AvgIpc) is 3.10. The van der Waals surface area contributed by atoms with E-state index in [2.05, 4.69) is 20.9 Å². The Morgan fingerprint density at radius 1 is 1.05 bits per heavy atom. The SMILES string of the molecule is O=C(c1c[nH]c2ccc(Br)cc12)c1csc2ccccc12. The smallest absolute Gasteiger partial charge is 0.196 e. The third-order valence-corrected chi connectivity index (χ3v) is 5.07. The number of thiophene rings is 1. The maximum absolute atomic E-state index is 12.9. The molecule has 0 saturated carbocycles. The second kappa shape index (κ2) is 4.83. The molecule has 0 unspecified atom stereocenters. The molecule has 4 aromatic rings. The first-order valence-corrected chi connectivity index (χ1v) is 8.19. The van der Waals surface area contributed by atoms with Crippen molar-refractivity contribution in [3.05, 3.63) is 69.6 Å². The topological polar surface area (TPSA) is 32.9 Å². The number of carbonyl (C=O) groups is 1. The molecule has 2 heterocycles.